The van der Waals surface area contributed by atoms with E-state index in [2.05, 4.69) is 36.7 Å². The highest BCUT2D eigenvalue weighted by atomic mass is 16.5. The van der Waals surface area contributed by atoms with Crippen molar-refractivity contribution in [3.8, 4) is 5.88 Å². The molecule has 2 rings (SSSR count). The maximum atomic E-state index is 5.89. The molecule has 1 fully saturated rings. The van der Waals surface area contributed by atoms with Gasteiger partial charge in [0, 0.05) is 17.8 Å². The summed E-state index contributed by atoms with van der Waals surface area (Å²) >= 11 is 0. The first kappa shape index (κ1) is 14.3. The minimum Gasteiger partial charge on any atom is -0.475 e. The zero-order valence-corrected chi connectivity index (χ0v) is 12.4. The molecule has 2 heterocycles. The zero-order valence-electron chi connectivity index (χ0n) is 12.4. The fraction of sp³-hybridized carbons (Fsp3) is 0.688. The van der Waals surface area contributed by atoms with E-state index in [0.717, 1.165) is 5.88 Å². The fourth-order valence-corrected chi connectivity index (χ4v) is 2.88. The highest BCUT2D eigenvalue weighted by Gasteiger charge is 2.26. The largest absolute Gasteiger partial charge is 0.475 e. The van der Waals surface area contributed by atoms with Gasteiger partial charge in [-0.25, -0.2) is 4.98 Å². The second kappa shape index (κ2) is 6.90. The van der Waals surface area contributed by atoms with E-state index in [1.807, 2.05) is 12.3 Å². The maximum absolute atomic E-state index is 5.89. The summed E-state index contributed by atoms with van der Waals surface area (Å²) in [6, 6.07) is 4.70. The smallest absolute Gasteiger partial charge is 0.218 e. The molecule has 1 atom stereocenters. The number of pyridine rings is 1. The summed E-state index contributed by atoms with van der Waals surface area (Å²) in [7, 11) is 0. The van der Waals surface area contributed by atoms with Crippen molar-refractivity contribution in [1.82, 2.24) is 9.88 Å². The molecule has 3 nitrogen and oxygen atoms in total. The van der Waals surface area contributed by atoms with E-state index in [-0.39, 0.29) is 6.10 Å². The van der Waals surface area contributed by atoms with Crippen molar-refractivity contribution in [1.29, 1.82) is 0 Å². The van der Waals surface area contributed by atoms with Crippen molar-refractivity contribution in [3.05, 3.63) is 23.9 Å². The number of aromatic nitrogens is 1. The Hall–Kier alpha value is -1.09. The minimum atomic E-state index is 0.178. The number of piperidine rings is 1. The zero-order chi connectivity index (χ0) is 13.7. The molecule has 0 N–H and O–H groups in total. The molecule has 3 heteroatoms. The molecule has 1 unspecified atom stereocenters. The lowest BCUT2D eigenvalue weighted by atomic mass is 9.95. The number of nitrogens with zero attached hydrogens (tertiary/aromatic N) is 2. The Bertz CT molecular complexity index is 390. The van der Waals surface area contributed by atoms with Crippen LogP contribution in [-0.4, -0.2) is 29.1 Å². The molecular formula is C16H26N2O. The molecular weight excluding hydrogens is 236 g/mol. The molecule has 1 aliphatic heterocycles. The van der Waals surface area contributed by atoms with Crippen LogP contribution in [0.25, 0.3) is 0 Å². The van der Waals surface area contributed by atoms with E-state index < -0.39 is 0 Å². The topological polar surface area (TPSA) is 25.4 Å². The first-order chi connectivity index (χ1) is 9.22. The number of rotatable bonds is 5. The van der Waals surface area contributed by atoms with Crippen LogP contribution in [0.5, 0.6) is 5.88 Å². The highest BCUT2D eigenvalue weighted by Crippen LogP contribution is 2.35. The molecule has 1 aromatic rings. The number of hydrogen-bond acceptors (Lipinski definition) is 3. The van der Waals surface area contributed by atoms with E-state index in [1.54, 1.807) is 0 Å². The van der Waals surface area contributed by atoms with Gasteiger partial charge in [0.25, 0.3) is 0 Å². The predicted molar refractivity (Wildman–Crippen MR) is 78.5 cm³/mol. The Morgan fingerprint density at radius 2 is 2.26 bits per heavy atom. The summed E-state index contributed by atoms with van der Waals surface area (Å²) in [6.07, 6.45) is 7.06. The van der Waals surface area contributed by atoms with Gasteiger partial charge in [0.1, 0.15) is 0 Å². The predicted octanol–water partition coefficient (Wildman–Crippen LogP) is 3.81. The fourth-order valence-electron chi connectivity index (χ4n) is 2.88. The third kappa shape index (κ3) is 3.69. The molecule has 1 aromatic heterocycles. The summed E-state index contributed by atoms with van der Waals surface area (Å²) in [5.41, 5.74) is 1.27. The van der Waals surface area contributed by atoms with E-state index in [9.17, 15) is 0 Å². The summed E-state index contributed by atoms with van der Waals surface area (Å²) in [6.45, 7) is 8.74. The third-order valence-corrected chi connectivity index (χ3v) is 3.63. The maximum Gasteiger partial charge on any atom is 0.218 e. The molecule has 0 aliphatic carbocycles. The molecule has 0 bridgehead atoms. The summed E-state index contributed by atoms with van der Waals surface area (Å²) in [5.74, 6) is 0.825. The highest BCUT2D eigenvalue weighted by molar-refractivity contribution is 5.29. The van der Waals surface area contributed by atoms with Gasteiger partial charge in [0.05, 0.1) is 6.10 Å². The summed E-state index contributed by atoms with van der Waals surface area (Å²) in [5, 5.41) is 0. The Labute approximate surface area is 117 Å². The molecule has 0 spiro atoms. The van der Waals surface area contributed by atoms with Gasteiger partial charge in [-0.2, -0.15) is 0 Å². The lowest BCUT2D eigenvalue weighted by Crippen LogP contribution is -2.34. The van der Waals surface area contributed by atoms with E-state index in [1.165, 1.54) is 44.3 Å². The molecule has 0 aromatic carbocycles. The van der Waals surface area contributed by atoms with Crippen molar-refractivity contribution in [2.24, 2.45) is 0 Å². The van der Waals surface area contributed by atoms with Crippen molar-refractivity contribution in [2.75, 3.05) is 13.1 Å². The third-order valence-electron chi connectivity index (χ3n) is 3.63. The molecule has 0 radical (unpaired) electrons. The van der Waals surface area contributed by atoms with Gasteiger partial charge < -0.3 is 4.74 Å². The number of likely N-dealkylation sites (tertiary alicyclic amines) is 1. The van der Waals surface area contributed by atoms with E-state index in [0.29, 0.717) is 6.04 Å². The Morgan fingerprint density at radius 3 is 3.00 bits per heavy atom. The molecule has 1 saturated heterocycles. The SMILES string of the molecule is CCCN1CCCCC1c1cccnc1OC(C)C. The van der Waals surface area contributed by atoms with Crippen LogP contribution in [0.4, 0.5) is 0 Å². The molecule has 106 valence electrons. The van der Waals surface area contributed by atoms with E-state index in [4.69, 9.17) is 4.74 Å². The standard InChI is InChI=1S/C16H26N2O/c1-4-11-18-12-6-5-9-15(18)14-8-7-10-17-16(14)19-13(2)3/h7-8,10,13,15H,4-6,9,11-12H2,1-3H3. The first-order valence-electron chi connectivity index (χ1n) is 7.58. The van der Waals surface area contributed by atoms with Crippen molar-refractivity contribution >= 4 is 0 Å². The van der Waals surface area contributed by atoms with Crippen LogP contribution in [0.3, 0.4) is 0 Å². The van der Waals surface area contributed by atoms with Crippen LogP contribution in [0.15, 0.2) is 18.3 Å². The molecule has 0 saturated carbocycles. The van der Waals surface area contributed by atoms with Crippen LogP contribution >= 0.6 is 0 Å². The Balaban J connectivity index is 2.22. The lowest BCUT2D eigenvalue weighted by Gasteiger charge is -2.36. The van der Waals surface area contributed by atoms with Crippen LogP contribution in [0.2, 0.25) is 0 Å². The average Bonchev–Trinajstić information content (AvgIpc) is 2.40. The van der Waals surface area contributed by atoms with Gasteiger partial charge in [0.15, 0.2) is 0 Å². The van der Waals surface area contributed by atoms with Crippen molar-refractivity contribution in [2.45, 2.75) is 58.6 Å². The van der Waals surface area contributed by atoms with Crippen LogP contribution in [-0.2, 0) is 0 Å². The van der Waals surface area contributed by atoms with Gasteiger partial charge in [-0.15, -0.1) is 0 Å². The monoisotopic (exact) mass is 262 g/mol. The Kier molecular flexibility index (Phi) is 5.20. The second-order valence-corrected chi connectivity index (χ2v) is 5.61. The number of hydrogen-bond donors (Lipinski definition) is 0. The second-order valence-electron chi connectivity index (χ2n) is 5.61. The van der Waals surface area contributed by atoms with Gasteiger partial charge in [-0.05, 0) is 52.3 Å². The summed E-state index contributed by atoms with van der Waals surface area (Å²) < 4.78 is 5.89. The molecule has 19 heavy (non-hydrogen) atoms. The summed E-state index contributed by atoms with van der Waals surface area (Å²) in [4.78, 5) is 7.03. The van der Waals surface area contributed by atoms with Crippen molar-refractivity contribution < 1.29 is 4.74 Å². The first-order valence-corrected chi connectivity index (χ1v) is 7.58. The van der Waals surface area contributed by atoms with Crippen molar-refractivity contribution in [3.63, 3.8) is 0 Å². The van der Waals surface area contributed by atoms with E-state index >= 15 is 0 Å². The van der Waals surface area contributed by atoms with Crippen LogP contribution in [0, 0.1) is 0 Å². The molecule has 1 aliphatic rings. The molecule has 0 amide bonds. The van der Waals surface area contributed by atoms with Gasteiger partial charge in [-0.3, -0.25) is 4.90 Å². The van der Waals surface area contributed by atoms with Gasteiger partial charge in [-0.1, -0.05) is 19.4 Å². The quantitative estimate of drug-likeness (QED) is 0.807. The van der Waals surface area contributed by atoms with Crippen LogP contribution in [0.1, 0.15) is 58.1 Å². The minimum absolute atomic E-state index is 0.178. The number of ether oxygens (including phenoxy) is 1. The van der Waals surface area contributed by atoms with Gasteiger partial charge >= 0.3 is 0 Å². The normalized spacial score (nSPS) is 20.7. The van der Waals surface area contributed by atoms with Gasteiger partial charge in [0.2, 0.25) is 5.88 Å². The Morgan fingerprint density at radius 1 is 1.42 bits per heavy atom. The van der Waals surface area contributed by atoms with Crippen LogP contribution < -0.4 is 4.74 Å². The average molecular weight is 262 g/mol. The lowest BCUT2D eigenvalue weighted by molar-refractivity contribution is 0.141.